The van der Waals surface area contributed by atoms with Crippen molar-refractivity contribution in [2.45, 2.75) is 0 Å². The fourth-order valence-electron chi connectivity index (χ4n) is 1.84. The highest BCUT2D eigenvalue weighted by Gasteiger charge is 2.10. The van der Waals surface area contributed by atoms with Gasteiger partial charge in [-0.05, 0) is 39.3 Å². The zero-order valence-corrected chi connectivity index (χ0v) is 13.2. The molecule has 0 atom stereocenters. The largest absolute Gasteiger partial charge is 0.389 e. The number of hydrogen-bond acceptors (Lipinski definition) is 4. The molecule has 3 rings (SSSR count). The van der Waals surface area contributed by atoms with E-state index in [9.17, 15) is 0 Å². The molecule has 0 amide bonds. The Morgan fingerprint density at radius 2 is 1.90 bits per heavy atom. The fourth-order valence-corrected chi connectivity index (χ4v) is 2.51. The van der Waals surface area contributed by atoms with E-state index >= 15 is 0 Å². The quantitative estimate of drug-likeness (QED) is 0.728. The average molecular weight is 360 g/mol. The number of halogens is 1. The van der Waals surface area contributed by atoms with Crippen LogP contribution < -0.4 is 5.73 Å². The lowest BCUT2D eigenvalue weighted by Gasteiger charge is -2.04. The van der Waals surface area contributed by atoms with Crippen molar-refractivity contribution in [2.24, 2.45) is 5.73 Å². The minimum atomic E-state index is 0.346. The number of hydrogen-bond donors (Lipinski definition) is 1. The van der Waals surface area contributed by atoms with Crippen LogP contribution in [0.3, 0.4) is 0 Å². The molecule has 21 heavy (non-hydrogen) atoms. The average Bonchev–Trinajstić information content (AvgIpc) is 2.97. The highest BCUT2D eigenvalue weighted by molar-refractivity contribution is 9.10. The van der Waals surface area contributed by atoms with Crippen molar-refractivity contribution in [3.63, 3.8) is 0 Å². The standard InChI is InChI=1S/C14H10BrN5S/c15-11-8-10(13(16)21)6-7-12(11)20-18-14(17-19-20)9-4-2-1-3-5-9/h1-8H,(H2,16,21). The number of rotatable bonds is 3. The van der Waals surface area contributed by atoms with E-state index < -0.39 is 0 Å². The van der Waals surface area contributed by atoms with Crippen LogP contribution in [0.15, 0.2) is 53.0 Å². The second-order valence-corrected chi connectivity index (χ2v) is 5.59. The topological polar surface area (TPSA) is 69.6 Å². The Morgan fingerprint density at radius 3 is 2.57 bits per heavy atom. The number of benzene rings is 2. The lowest BCUT2D eigenvalue weighted by molar-refractivity contribution is 0.717. The first-order valence-corrected chi connectivity index (χ1v) is 7.30. The molecule has 0 aliphatic carbocycles. The van der Waals surface area contributed by atoms with Gasteiger partial charge in [0.15, 0.2) is 0 Å². The molecule has 5 nitrogen and oxygen atoms in total. The maximum Gasteiger partial charge on any atom is 0.205 e. The minimum absolute atomic E-state index is 0.346. The zero-order chi connectivity index (χ0) is 14.8. The van der Waals surface area contributed by atoms with Crippen molar-refractivity contribution in [3.05, 3.63) is 58.6 Å². The highest BCUT2D eigenvalue weighted by atomic mass is 79.9. The Bertz CT molecular complexity index is 800. The van der Waals surface area contributed by atoms with Gasteiger partial charge in [0.1, 0.15) is 10.7 Å². The molecule has 0 saturated carbocycles. The zero-order valence-electron chi connectivity index (χ0n) is 10.8. The van der Waals surface area contributed by atoms with E-state index in [-0.39, 0.29) is 0 Å². The smallest absolute Gasteiger partial charge is 0.205 e. The van der Waals surface area contributed by atoms with E-state index in [0.717, 1.165) is 21.3 Å². The van der Waals surface area contributed by atoms with Gasteiger partial charge in [0.2, 0.25) is 5.82 Å². The van der Waals surface area contributed by atoms with Crippen molar-refractivity contribution < 1.29 is 0 Å². The van der Waals surface area contributed by atoms with E-state index in [1.54, 1.807) is 0 Å². The van der Waals surface area contributed by atoms with Crippen LogP contribution in [0, 0.1) is 0 Å². The van der Waals surface area contributed by atoms with Crippen LogP contribution >= 0.6 is 28.1 Å². The van der Waals surface area contributed by atoms with Gasteiger partial charge in [0, 0.05) is 15.6 Å². The summed E-state index contributed by atoms with van der Waals surface area (Å²) in [5.74, 6) is 0.570. The number of nitrogens with two attached hydrogens (primary N) is 1. The lowest BCUT2D eigenvalue weighted by atomic mass is 10.2. The van der Waals surface area contributed by atoms with Gasteiger partial charge < -0.3 is 5.73 Å². The molecule has 0 saturated heterocycles. The van der Waals surface area contributed by atoms with Crippen LogP contribution in [0.1, 0.15) is 5.56 Å². The van der Waals surface area contributed by atoms with E-state index in [1.165, 1.54) is 4.80 Å². The monoisotopic (exact) mass is 359 g/mol. The van der Waals surface area contributed by atoms with Gasteiger partial charge in [0.05, 0.1) is 0 Å². The van der Waals surface area contributed by atoms with Gasteiger partial charge in [-0.25, -0.2) is 0 Å². The highest BCUT2D eigenvalue weighted by Crippen LogP contribution is 2.22. The number of tetrazole rings is 1. The van der Waals surface area contributed by atoms with Gasteiger partial charge in [-0.2, -0.15) is 0 Å². The summed E-state index contributed by atoms with van der Waals surface area (Å²) in [5, 5.41) is 12.5. The van der Waals surface area contributed by atoms with Crippen molar-refractivity contribution >= 4 is 33.1 Å². The maximum absolute atomic E-state index is 5.61. The minimum Gasteiger partial charge on any atom is -0.389 e. The van der Waals surface area contributed by atoms with Gasteiger partial charge in [-0.3, -0.25) is 0 Å². The lowest BCUT2D eigenvalue weighted by Crippen LogP contribution is -2.10. The molecule has 1 heterocycles. The van der Waals surface area contributed by atoms with Gasteiger partial charge in [0.25, 0.3) is 0 Å². The summed E-state index contributed by atoms with van der Waals surface area (Å²) >= 11 is 8.43. The first-order valence-electron chi connectivity index (χ1n) is 6.10. The SMILES string of the molecule is NC(=S)c1ccc(-n2nnc(-c3ccccc3)n2)c(Br)c1. The summed E-state index contributed by atoms with van der Waals surface area (Å²) in [7, 11) is 0. The molecule has 104 valence electrons. The molecule has 7 heteroatoms. The molecule has 2 N–H and O–H groups in total. The third kappa shape index (κ3) is 2.84. The molecule has 0 spiro atoms. The second kappa shape index (κ2) is 5.71. The van der Waals surface area contributed by atoms with Crippen LogP contribution in [-0.2, 0) is 0 Å². The maximum atomic E-state index is 5.61. The summed E-state index contributed by atoms with van der Waals surface area (Å²) in [6.45, 7) is 0. The van der Waals surface area contributed by atoms with Crippen LogP contribution in [0.5, 0.6) is 0 Å². The first kappa shape index (κ1) is 13.8. The van der Waals surface area contributed by atoms with Crippen LogP contribution in [0.2, 0.25) is 0 Å². The third-order valence-corrected chi connectivity index (χ3v) is 3.76. The van der Waals surface area contributed by atoms with E-state index in [2.05, 4.69) is 31.3 Å². The molecular weight excluding hydrogens is 350 g/mol. The first-order chi connectivity index (χ1) is 10.1. The van der Waals surface area contributed by atoms with Gasteiger partial charge in [-0.15, -0.1) is 15.0 Å². The van der Waals surface area contributed by atoms with Crippen LogP contribution in [0.4, 0.5) is 0 Å². The number of nitrogens with zero attached hydrogens (tertiary/aromatic N) is 4. The molecule has 0 fully saturated rings. The Kier molecular flexibility index (Phi) is 3.76. The van der Waals surface area contributed by atoms with Crippen molar-refractivity contribution in [3.8, 4) is 17.1 Å². The molecule has 0 unspecified atom stereocenters. The van der Waals surface area contributed by atoms with Crippen LogP contribution in [0.25, 0.3) is 17.1 Å². The number of aromatic nitrogens is 4. The molecule has 1 aromatic heterocycles. The molecule has 0 radical (unpaired) electrons. The van der Waals surface area contributed by atoms with Gasteiger partial charge >= 0.3 is 0 Å². The normalized spacial score (nSPS) is 10.5. The van der Waals surface area contributed by atoms with Crippen molar-refractivity contribution in [1.29, 1.82) is 0 Å². The van der Waals surface area contributed by atoms with Crippen molar-refractivity contribution in [2.75, 3.05) is 0 Å². The van der Waals surface area contributed by atoms with E-state index in [1.807, 2.05) is 48.5 Å². The predicted molar refractivity (Wildman–Crippen MR) is 88.2 cm³/mol. The third-order valence-electron chi connectivity index (χ3n) is 2.89. The molecular formula is C14H10BrN5S. The summed E-state index contributed by atoms with van der Waals surface area (Å²) in [6, 6.07) is 15.2. The molecule has 3 aromatic rings. The van der Waals surface area contributed by atoms with E-state index in [4.69, 9.17) is 18.0 Å². The Labute approximate surface area is 134 Å². The van der Waals surface area contributed by atoms with Crippen LogP contribution in [-0.4, -0.2) is 25.2 Å². The molecule has 0 bridgehead atoms. The Balaban J connectivity index is 1.99. The van der Waals surface area contributed by atoms with E-state index in [0.29, 0.717) is 10.8 Å². The molecule has 2 aromatic carbocycles. The summed E-state index contributed by atoms with van der Waals surface area (Å²) < 4.78 is 0.796. The second-order valence-electron chi connectivity index (χ2n) is 4.30. The summed E-state index contributed by atoms with van der Waals surface area (Å²) in [6.07, 6.45) is 0. The molecule has 0 aliphatic heterocycles. The van der Waals surface area contributed by atoms with Crippen molar-refractivity contribution in [1.82, 2.24) is 20.2 Å². The summed E-state index contributed by atoms with van der Waals surface area (Å²) in [5.41, 5.74) is 8.08. The predicted octanol–water partition coefficient (Wildman–Crippen LogP) is 2.73. The summed E-state index contributed by atoms with van der Waals surface area (Å²) in [4.78, 5) is 1.81. The van der Waals surface area contributed by atoms with Gasteiger partial charge in [-0.1, -0.05) is 42.5 Å². The fraction of sp³-hybridized carbons (Fsp3) is 0. The number of thiocarbonyl (C=S) groups is 1. The molecule has 0 aliphatic rings. The Morgan fingerprint density at radius 1 is 1.14 bits per heavy atom. The Hall–Kier alpha value is -2.12.